The lowest BCUT2D eigenvalue weighted by Crippen LogP contribution is -2.37. The van der Waals surface area contributed by atoms with E-state index in [2.05, 4.69) is 16.0 Å². The lowest BCUT2D eigenvalue weighted by molar-refractivity contribution is -0.152. The van der Waals surface area contributed by atoms with Gasteiger partial charge in [0.1, 0.15) is 5.75 Å². The Labute approximate surface area is 178 Å². The smallest absolute Gasteiger partial charge is 0.347 e. The highest BCUT2D eigenvalue weighted by atomic mass is 16.5. The van der Waals surface area contributed by atoms with E-state index in [-0.39, 0.29) is 11.7 Å². The first kappa shape index (κ1) is 21.4. The summed E-state index contributed by atoms with van der Waals surface area (Å²) >= 11 is 0. The van der Waals surface area contributed by atoms with Crippen molar-refractivity contribution in [3.63, 3.8) is 0 Å². The van der Waals surface area contributed by atoms with Crippen LogP contribution in [0.5, 0.6) is 5.75 Å². The molecule has 3 amide bonds. The maximum atomic E-state index is 12.2. The summed E-state index contributed by atoms with van der Waals surface area (Å²) in [6, 6.07) is 15.6. The molecular formula is C22H21N3O6. The third-order valence-corrected chi connectivity index (χ3v) is 4.15. The van der Waals surface area contributed by atoms with Crippen LogP contribution < -0.4 is 20.7 Å². The number of aliphatic carboxylic acids is 1. The van der Waals surface area contributed by atoms with E-state index in [9.17, 15) is 14.4 Å². The number of carbonyl (C=O) groups is 3. The molecule has 31 heavy (non-hydrogen) atoms. The fourth-order valence-corrected chi connectivity index (χ4v) is 2.48. The number of anilines is 3. The first-order valence-electron chi connectivity index (χ1n) is 9.28. The molecule has 0 saturated heterocycles. The Hall–Kier alpha value is -4.27. The molecule has 0 aliphatic rings. The molecule has 3 aromatic rings. The molecule has 0 spiro atoms. The third-order valence-electron chi connectivity index (χ3n) is 4.15. The quantitative estimate of drug-likeness (QED) is 0.445. The number of benzene rings is 2. The minimum atomic E-state index is -1.37. The summed E-state index contributed by atoms with van der Waals surface area (Å²) in [6.45, 7) is 2.89. The van der Waals surface area contributed by atoms with Crippen LogP contribution in [0.3, 0.4) is 0 Å². The maximum absolute atomic E-state index is 12.2. The monoisotopic (exact) mass is 423 g/mol. The second kappa shape index (κ2) is 9.04. The van der Waals surface area contributed by atoms with Crippen LogP contribution in [-0.2, 0) is 4.79 Å². The minimum absolute atomic E-state index is 0.199. The summed E-state index contributed by atoms with van der Waals surface area (Å²) < 4.78 is 10.4. The third kappa shape index (κ3) is 5.86. The Morgan fingerprint density at radius 3 is 1.84 bits per heavy atom. The van der Waals surface area contributed by atoms with Crippen molar-refractivity contribution in [1.29, 1.82) is 0 Å². The number of hydrogen-bond acceptors (Lipinski definition) is 5. The molecule has 9 heteroatoms. The van der Waals surface area contributed by atoms with Gasteiger partial charge in [-0.05, 0) is 74.5 Å². The van der Waals surface area contributed by atoms with E-state index in [0.717, 1.165) is 0 Å². The SMILES string of the molecule is CC(C)(Oc1ccc(NC(=O)Nc2ccc(NC(=O)c3ccco3)cc2)cc1)C(=O)O. The molecule has 2 aromatic carbocycles. The largest absolute Gasteiger partial charge is 0.478 e. The van der Waals surface area contributed by atoms with Crippen molar-refractivity contribution >= 4 is 35.0 Å². The fourth-order valence-electron chi connectivity index (χ4n) is 2.48. The summed E-state index contributed by atoms with van der Waals surface area (Å²) in [4.78, 5) is 35.3. The number of nitrogens with one attached hydrogen (secondary N) is 3. The van der Waals surface area contributed by atoms with E-state index in [1.54, 1.807) is 60.7 Å². The van der Waals surface area contributed by atoms with Crippen molar-refractivity contribution in [2.24, 2.45) is 0 Å². The van der Waals surface area contributed by atoms with Gasteiger partial charge in [0.25, 0.3) is 5.91 Å². The standard InChI is InChI=1S/C22H21N3O6/c1-22(2,20(27)28)31-17-11-9-16(10-12-17)25-21(29)24-15-7-5-14(6-8-15)23-19(26)18-4-3-13-30-18/h3-13H,1-2H3,(H,23,26)(H,27,28)(H2,24,25,29). The molecular weight excluding hydrogens is 402 g/mol. The van der Waals surface area contributed by atoms with Gasteiger partial charge in [-0.3, -0.25) is 4.79 Å². The number of amides is 3. The van der Waals surface area contributed by atoms with Gasteiger partial charge < -0.3 is 30.2 Å². The van der Waals surface area contributed by atoms with Crippen molar-refractivity contribution in [1.82, 2.24) is 0 Å². The van der Waals surface area contributed by atoms with Crippen molar-refractivity contribution < 1.29 is 28.6 Å². The molecule has 3 rings (SSSR count). The molecule has 0 saturated carbocycles. The van der Waals surface area contributed by atoms with Crippen LogP contribution in [0.15, 0.2) is 71.3 Å². The second-order valence-corrected chi connectivity index (χ2v) is 7.03. The number of carbonyl (C=O) groups excluding carboxylic acids is 2. The Morgan fingerprint density at radius 1 is 0.839 bits per heavy atom. The average Bonchev–Trinajstić information content (AvgIpc) is 3.26. The number of hydrogen-bond donors (Lipinski definition) is 4. The molecule has 1 heterocycles. The van der Waals surface area contributed by atoms with Crippen LogP contribution in [0.4, 0.5) is 21.9 Å². The zero-order valence-electron chi connectivity index (χ0n) is 16.8. The Balaban J connectivity index is 1.52. The molecule has 0 radical (unpaired) electrons. The molecule has 0 unspecified atom stereocenters. The van der Waals surface area contributed by atoms with E-state index >= 15 is 0 Å². The van der Waals surface area contributed by atoms with Crippen molar-refractivity contribution in [2.75, 3.05) is 16.0 Å². The van der Waals surface area contributed by atoms with Gasteiger partial charge in [-0.2, -0.15) is 0 Å². The molecule has 0 aliphatic carbocycles. The Morgan fingerprint density at radius 2 is 1.35 bits per heavy atom. The fraction of sp³-hybridized carbons (Fsp3) is 0.136. The van der Waals surface area contributed by atoms with Crippen LogP contribution in [0.1, 0.15) is 24.4 Å². The summed E-state index contributed by atoms with van der Waals surface area (Å²) in [5.41, 5.74) is 0.208. The van der Waals surface area contributed by atoms with Gasteiger partial charge in [-0.1, -0.05) is 0 Å². The van der Waals surface area contributed by atoms with Crippen molar-refractivity contribution in [3.05, 3.63) is 72.7 Å². The van der Waals surface area contributed by atoms with Crippen LogP contribution >= 0.6 is 0 Å². The number of carboxylic acids is 1. The van der Waals surface area contributed by atoms with E-state index in [4.69, 9.17) is 14.3 Å². The molecule has 0 bridgehead atoms. The van der Waals surface area contributed by atoms with Crippen LogP contribution in [0.2, 0.25) is 0 Å². The molecule has 0 aliphatic heterocycles. The van der Waals surface area contributed by atoms with E-state index < -0.39 is 17.6 Å². The Bertz CT molecular complexity index is 1060. The highest BCUT2D eigenvalue weighted by molar-refractivity contribution is 6.03. The first-order chi connectivity index (χ1) is 14.7. The zero-order valence-corrected chi connectivity index (χ0v) is 16.8. The topological polar surface area (TPSA) is 130 Å². The molecule has 0 atom stereocenters. The number of rotatable bonds is 7. The Kier molecular flexibility index (Phi) is 6.25. The van der Waals surface area contributed by atoms with Crippen LogP contribution in [0, 0.1) is 0 Å². The molecule has 4 N–H and O–H groups in total. The summed E-state index contributed by atoms with van der Waals surface area (Å²) in [6.07, 6.45) is 1.41. The molecule has 9 nitrogen and oxygen atoms in total. The van der Waals surface area contributed by atoms with E-state index in [1.165, 1.54) is 20.1 Å². The number of carboxylic acid groups (broad SMARTS) is 1. The molecule has 0 fully saturated rings. The number of urea groups is 1. The van der Waals surface area contributed by atoms with Gasteiger partial charge in [0.15, 0.2) is 11.4 Å². The van der Waals surface area contributed by atoms with Crippen molar-refractivity contribution in [2.45, 2.75) is 19.4 Å². The summed E-state index contributed by atoms with van der Waals surface area (Å²) in [7, 11) is 0. The lowest BCUT2D eigenvalue weighted by Gasteiger charge is -2.21. The van der Waals surface area contributed by atoms with Gasteiger partial charge in [0.05, 0.1) is 6.26 Å². The summed E-state index contributed by atoms with van der Waals surface area (Å²) in [5, 5.41) is 17.1. The zero-order chi connectivity index (χ0) is 22.4. The maximum Gasteiger partial charge on any atom is 0.347 e. The van der Waals surface area contributed by atoms with E-state index in [0.29, 0.717) is 22.8 Å². The first-order valence-corrected chi connectivity index (χ1v) is 9.28. The molecule has 1 aromatic heterocycles. The van der Waals surface area contributed by atoms with E-state index in [1.807, 2.05) is 0 Å². The highest BCUT2D eigenvalue weighted by Crippen LogP contribution is 2.21. The molecule has 160 valence electrons. The van der Waals surface area contributed by atoms with Gasteiger partial charge in [0, 0.05) is 17.1 Å². The second-order valence-electron chi connectivity index (χ2n) is 7.03. The summed E-state index contributed by atoms with van der Waals surface area (Å²) in [5.74, 6) is -0.890. The normalized spacial score (nSPS) is 10.8. The number of furan rings is 1. The van der Waals surface area contributed by atoms with Gasteiger partial charge >= 0.3 is 12.0 Å². The lowest BCUT2D eigenvalue weighted by atomic mass is 10.1. The van der Waals surface area contributed by atoms with Crippen molar-refractivity contribution in [3.8, 4) is 5.75 Å². The predicted octanol–water partition coefficient (Wildman–Crippen LogP) is 4.42. The average molecular weight is 423 g/mol. The van der Waals surface area contributed by atoms with Gasteiger partial charge in [-0.15, -0.1) is 0 Å². The van der Waals surface area contributed by atoms with Crippen LogP contribution in [-0.4, -0.2) is 28.6 Å². The van der Waals surface area contributed by atoms with Gasteiger partial charge in [-0.25, -0.2) is 9.59 Å². The highest BCUT2D eigenvalue weighted by Gasteiger charge is 2.29. The van der Waals surface area contributed by atoms with Gasteiger partial charge in [0.2, 0.25) is 0 Å². The van der Waals surface area contributed by atoms with Crippen LogP contribution in [0.25, 0.3) is 0 Å². The predicted molar refractivity (Wildman–Crippen MR) is 115 cm³/mol. The minimum Gasteiger partial charge on any atom is -0.478 e. The number of ether oxygens (including phenoxy) is 1.